The average molecular weight is 341 g/mol. The number of aromatic nitrogens is 1. The number of rotatable bonds is 7. The van der Waals surface area contributed by atoms with E-state index in [1.165, 1.54) is 0 Å². The lowest BCUT2D eigenvalue weighted by Crippen LogP contribution is -2.33. The van der Waals surface area contributed by atoms with E-state index in [2.05, 4.69) is 10.3 Å². The van der Waals surface area contributed by atoms with Gasteiger partial charge in [0.15, 0.2) is 0 Å². The van der Waals surface area contributed by atoms with E-state index in [4.69, 9.17) is 27.9 Å². The fourth-order valence-electron chi connectivity index (χ4n) is 1.89. The summed E-state index contributed by atoms with van der Waals surface area (Å²) in [6.45, 7) is 2.50. The van der Waals surface area contributed by atoms with Gasteiger partial charge in [0.1, 0.15) is 23.5 Å². The van der Waals surface area contributed by atoms with Gasteiger partial charge in [-0.2, -0.15) is 0 Å². The minimum atomic E-state index is -0.666. The summed E-state index contributed by atoms with van der Waals surface area (Å²) in [5.74, 6) is 0.464. The minimum Gasteiger partial charge on any atom is -0.489 e. The predicted octanol–water partition coefficient (Wildman–Crippen LogP) is 3.48. The van der Waals surface area contributed by atoms with Crippen LogP contribution >= 0.6 is 23.2 Å². The lowest BCUT2D eigenvalue weighted by atomic mass is 10.2. The molecule has 4 nitrogen and oxygen atoms in total. The second kappa shape index (κ2) is 8.34. The first-order valence-electron chi connectivity index (χ1n) is 6.97. The maximum Gasteiger partial charge on any atom is 0.139 e. The Hall–Kier alpha value is -1.33. The molecule has 0 radical (unpaired) electrons. The van der Waals surface area contributed by atoms with Gasteiger partial charge in [-0.3, -0.25) is 4.98 Å². The number of pyridine rings is 1. The van der Waals surface area contributed by atoms with Crippen molar-refractivity contribution in [3.05, 3.63) is 58.3 Å². The van der Waals surface area contributed by atoms with Gasteiger partial charge in [-0.15, -0.1) is 0 Å². The van der Waals surface area contributed by atoms with Crippen molar-refractivity contribution in [2.24, 2.45) is 0 Å². The average Bonchev–Trinajstić information content (AvgIpc) is 2.54. The smallest absolute Gasteiger partial charge is 0.139 e. The Kier molecular flexibility index (Phi) is 6.46. The molecule has 2 aromatic rings. The van der Waals surface area contributed by atoms with Crippen LogP contribution in [0.3, 0.4) is 0 Å². The quantitative estimate of drug-likeness (QED) is 0.810. The summed E-state index contributed by atoms with van der Waals surface area (Å²) in [6.07, 6.45) is 1.08. The second-order valence-electron chi connectivity index (χ2n) is 4.90. The van der Waals surface area contributed by atoms with Crippen LogP contribution in [0.5, 0.6) is 5.75 Å². The molecule has 22 heavy (non-hydrogen) atoms. The van der Waals surface area contributed by atoms with E-state index in [9.17, 15) is 5.11 Å². The molecule has 1 heterocycles. The lowest BCUT2D eigenvalue weighted by Gasteiger charge is -2.17. The van der Waals surface area contributed by atoms with Gasteiger partial charge in [0.25, 0.3) is 0 Å². The fraction of sp³-hybridized carbons (Fsp3) is 0.312. The van der Waals surface area contributed by atoms with E-state index >= 15 is 0 Å². The standard InChI is InChI=1S/C16H18Cl2N2O2/c1-11(14-6-2-3-8-19-14)20-9-12(21)10-22-15-7-4-5-13(17)16(15)18/h2-8,11-12,20-21H,9-10H2,1H3. The van der Waals surface area contributed by atoms with Gasteiger partial charge in [-0.05, 0) is 31.2 Å². The van der Waals surface area contributed by atoms with Crippen molar-refractivity contribution in [2.75, 3.05) is 13.2 Å². The molecule has 0 amide bonds. The van der Waals surface area contributed by atoms with Crippen LogP contribution in [-0.2, 0) is 0 Å². The Balaban J connectivity index is 1.78. The van der Waals surface area contributed by atoms with Crippen LogP contribution in [0.15, 0.2) is 42.6 Å². The molecular weight excluding hydrogens is 323 g/mol. The van der Waals surface area contributed by atoms with Crippen molar-refractivity contribution in [1.82, 2.24) is 10.3 Å². The summed E-state index contributed by atoms with van der Waals surface area (Å²) in [6, 6.07) is 10.9. The Morgan fingerprint density at radius 3 is 2.77 bits per heavy atom. The molecule has 2 rings (SSSR count). The van der Waals surface area contributed by atoms with Gasteiger partial charge in [-0.25, -0.2) is 0 Å². The molecule has 6 heteroatoms. The van der Waals surface area contributed by atoms with Crippen molar-refractivity contribution in [2.45, 2.75) is 19.1 Å². The third kappa shape index (κ3) is 4.85. The van der Waals surface area contributed by atoms with Crippen LogP contribution in [0, 0.1) is 0 Å². The van der Waals surface area contributed by atoms with Gasteiger partial charge in [-0.1, -0.05) is 35.3 Å². The molecule has 0 fully saturated rings. The summed E-state index contributed by atoms with van der Waals surface area (Å²) in [5.41, 5.74) is 0.925. The Bertz CT molecular complexity index is 596. The molecule has 2 N–H and O–H groups in total. The van der Waals surface area contributed by atoms with Crippen molar-refractivity contribution < 1.29 is 9.84 Å². The first-order chi connectivity index (χ1) is 10.6. The van der Waals surface area contributed by atoms with E-state index in [0.29, 0.717) is 22.3 Å². The van der Waals surface area contributed by atoms with E-state index in [1.54, 1.807) is 24.4 Å². The number of nitrogens with zero attached hydrogens (tertiary/aromatic N) is 1. The van der Waals surface area contributed by atoms with Gasteiger partial charge >= 0.3 is 0 Å². The number of nitrogens with one attached hydrogen (secondary N) is 1. The molecule has 118 valence electrons. The topological polar surface area (TPSA) is 54.4 Å². The third-order valence-electron chi connectivity index (χ3n) is 3.14. The normalized spacial score (nSPS) is 13.6. The zero-order valence-electron chi connectivity index (χ0n) is 12.2. The van der Waals surface area contributed by atoms with Crippen LogP contribution < -0.4 is 10.1 Å². The zero-order chi connectivity index (χ0) is 15.9. The first-order valence-corrected chi connectivity index (χ1v) is 7.72. The molecule has 0 aliphatic heterocycles. The summed E-state index contributed by atoms with van der Waals surface area (Å²) >= 11 is 11.9. The SMILES string of the molecule is CC(NCC(O)COc1cccc(Cl)c1Cl)c1ccccn1. The molecule has 1 aromatic carbocycles. The molecule has 2 unspecified atom stereocenters. The molecule has 1 aromatic heterocycles. The maximum atomic E-state index is 9.98. The monoisotopic (exact) mass is 340 g/mol. The number of halogens is 2. The number of aliphatic hydroxyl groups is 1. The highest BCUT2D eigenvalue weighted by Crippen LogP contribution is 2.31. The molecule has 0 saturated carbocycles. The van der Waals surface area contributed by atoms with E-state index < -0.39 is 6.10 Å². The lowest BCUT2D eigenvalue weighted by molar-refractivity contribution is 0.104. The number of hydrogen-bond acceptors (Lipinski definition) is 4. The second-order valence-corrected chi connectivity index (χ2v) is 5.69. The van der Waals surface area contributed by atoms with Gasteiger partial charge in [0.2, 0.25) is 0 Å². The zero-order valence-corrected chi connectivity index (χ0v) is 13.7. The highest BCUT2D eigenvalue weighted by atomic mass is 35.5. The van der Waals surface area contributed by atoms with Crippen molar-refractivity contribution in [3.63, 3.8) is 0 Å². The number of benzene rings is 1. The Morgan fingerprint density at radius 1 is 1.23 bits per heavy atom. The first kappa shape index (κ1) is 17.0. The predicted molar refractivity (Wildman–Crippen MR) is 88.6 cm³/mol. The Morgan fingerprint density at radius 2 is 2.05 bits per heavy atom. The molecule has 0 bridgehead atoms. The molecular formula is C16H18Cl2N2O2. The largest absolute Gasteiger partial charge is 0.489 e. The fourth-order valence-corrected chi connectivity index (χ4v) is 2.24. The van der Waals surface area contributed by atoms with Crippen LogP contribution in [0.25, 0.3) is 0 Å². The van der Waals surface area contributed by atoms with Crippen LogP contribution in [0.1, 0.15) is 18.7 Å². The molecule has 0 aliphatic rings. The number of aliphatic hydroxyl groups excluding tert-OH is 1. The maximum absolute atomic E-state index is 9.98. The number of ether oxygens (including phenoxy) is 1. The van der Waals surface area contributed by atoms with E-state index in [1.807, 2.05) is 25.1 Å². The Labute approximate surface area is 140 Å². The van der Waals surface area contributed by atoms with Crippen LogP contribution in [-0.4, -0.2) is 29.3 Å². The molecule has 0 spiro atoms. The highest BCUT2D eigenvalue weighted by Gasteiger charge is 2.12. The van der Waals surface area contributed by atoms with Crippen molar-refractivity contribution in [1.29, 1.82) is 0 Å². The van der Waals surface area contributed by atoms with Crippen molar-refractivity contribution in [3.8, 4) is 5.75 Å². The number of hydrogen-bond donors (Lipinski definition) is 2. The summed E-state index contributed by atoms with van der Waals surface area (Å²) in [7, 11) is 0. The van der Waals surface area contributed by atoms with Gasteiger partial charge in [0.05, 0.1) is 10.7 Å². The summed E-state index contributed by atoms with van der Waals surface area (Å²) in [4.78, 5) is 4.26. The van der Waals surface area contributed by atoms with E-state index in [-0.39, 0.29) is 12.6 Å². The molecule has 2 atom stereocenters. The third-order valence-corrected chi connectivity index (χ3v) is 3.94. The molecule has 0 saturated heterocycles. The van der Waals surface area contributed by atoms with Crippen LogP contribution in [0.4, 0.5) is 0 Å². The summed E-state index contributed by atoms with van der Waals surface area (Å²) in [5, 5.41) is 14.0. The van der Waals surface area contributed by atoms with Gasteiger partial charge in [0, 0.05) is 18.8 Å². The van der Waals surface area contributed by atoms with E-state index in [0.717, 1.165) is 5.69 Å². The van der Waals surface area contributed by atoms with Crippen molar-refractivity contribution >= 4 is 23.2 Å². The van der Waals surface area contributed by atoms with Crippen LogP contribution in [0.2, 0.25) is 10.0 Å². The van der Waals surface area contributed by atoms with Gasteiger partial charge < -0.3 is 15.2 Å². The highest BCUT2D eigenvalue weighted by molar-refractivity contribution is 6.42. The molecule has 0 aliphatic carbocycles. The minimum absolute atomic E-state index is 0.0469. The summed E-state index contributed by atoms with van der Waals surface area (Å²) < 4.78 is 5.50.